The van der Waals surface area contributed by atoms with Crippen molar-refractivity contribution in [2.24, 2.45) is 0 Å². The van der Waals surface area contributed by atoms with Gasteiger partial charge in [0.1, 0.15) is 5.75 Å². The minimum absolute atomic E-state index is 0.221. The summed E-state index contributed by atoms with van der Waals surface area (Å²) in [5.74, 6) is -1.46. The van der Waals surface area contributed by atoms with E-state index in [1.54, 1.807) is 0 Å². The smallest absolute Gasteiger partial charge is 0.465 e. The van der Waals surface area contributed by atoms with E-state index in [0.29, 0.717) is 0 Å². The van der Waals surface area contributed by atoms with Crippen LogP contribution in [0, 0.1) is 0 Å². The van der Waals surface area contributed by atoms with Crippen LogP contribution in [0.5, 0.6) is 5.75 Å². The van der Waals surface area contributed by atoms with Crippen molar-refractivity contribution in [2.45, 2.75) is 0 Å². The molecule has 0 aromatic heterocycles. The lowest BCUT2D eigenvalue weighted by Gasteiger charge is -2.07. The van der Waals surface area contributed by atoms with Gasteiger partial charge in [-0.1, -0.05) is 3.89 Å². The van der Waals surface area contributed by atoms with Gasteiger partial charge in [-0.15, -0.1) is 0 Å². The van der Waals surface area contributed by atoms with E-state index in [2.05, 4.69) is 8.92 Å². The van der Waals surface area contributed by atoms with Crippen LogP contribution < -0.4 is 9.65 Å². The standard InChI is InChI=1S/C8H8BFO7S/c1-16-8(11)5-2-6(9(12)13)4-7(3-5)17-18(10,14)15/h2-4,12-13H,1H3. The number of methoxy groups -OCH3 is 1. The van der Waals surface area contributed by atoms with Gasteiger partial charge >= 0.3 is 23.6 Å². The van der Waals surface area contributed by atoms with Crippen LogP contribution in [0.2, 0.25) is 0 Å². The molecule has 2 N–H and O–H groups in total. The summed E-state index contributed by atoms with van der Waals surface area (Å²) < 4.78 is 41.2. The molecule has 98 valence electrons. The highest BCUT2D eigenvalue weighted by Crippen LogP contribution is 2.15. The molecule has 0 spiro atoms. The second-order valence-electron chi connectivity index (χ2n) is 3.13. The molecule has 1 rings (SSSR count). The predicted molar refractivity (Wildman–Crippen MR) is 58.3 cm³/mol. The van der Waals surface area contributed by atoms with Gasteiger partial charge in [0.25, 0.3) is 0 Å². The second-order valence-corrected chi connectivity index (χ2v) is 4.09. The van der Waals surface area contributed by atoms with E-state index in [1.165, 1.54) is 0 Å². The highest BCUT2D eigenvalue weighted by atomic mass is 32.3. The third kappa shape index (κ3) is 3.98. The first-order chi connectivity index (χ1) is 8.23. The zero-order chi connectivity index (χ0) is 13.9. The lowest BCUT2D eigenvalue weighted by Crippen LogP contribution is -2.30. The van der Waals surface area contributed by atoms with E-state index in [-0.39, 0.29) is 11.0 Å². The molecule has 7 nitrogen and oxygen atoms in total. The first-order valence-corrected chi connectivity index (χ1v) is 5.77. The van der Waals surface area contributed by atoms with Gasteiger partial charge in [-0.25, -0.2) is 4.79 Å². The van der Waals surface area contributed by atoms with Gasteiger partial charge in [-0.3, -0.25) is 0 Å². The van der Waals surface area contributed by atoms with Crippen molar-refractivity contribution in [3.05, 3.63) is 23.8 Å². The minimum Gasteiger partial charge on any atom is -0.465 e. The SMILES string of the molecule is COC(=O)c1cc(OS(=O)(=O)F)cc(B(O)O)c1. The molecule has 0 heterocycles. The maximum atomic E-state index is 12.3. The Labute approximate surface area is 102 Å². The Bertz CT molecular complexity index is 557. The summed E-state index contributed by atoms with van der Waals surface area (Å²) in [6.07, 6.45) is 0. The van der Waals surface area contributed by atoms with E-state index < -0.39 is 29.3 Å². The Morgan fingerprint density at radius 1 is 1.33 bits per heavy atom. The lowest BCUT2D eigenvalue weighted by molar-refractivity contribution is 0.0600. The van der Waals surface area contributed by atoms with Crippen molar-refractivity contribution in [3.63, 3.8) is 0 Å². The Kier molecular flexibility index (Phi) is 4.27. The molecule has 18 heavy (non-hydrogen) atoms. The first-order valence-electron chi connectivity index (χ1n) is 4.46. The Morgan fingerprint density at radius 3 is 2.39 bits per heavy atom. The zero-order valence-electron chi connectivity index (χ0n) is 9.03. The molecule has 0 saturated carbocycles. The maximum Gasteiger partial charge on any atom is 0.488 e. The van der Waals surface area contributed by atoms with Crippen LogP contribution in [-0.2, 0) is 15.2 Å². The normalized spacial score (nSPS) is 10.9. The lowest BCUT2D eigenvalue weighted by atomic mass is 9.79. The van der Waals surface area contributed by atoms with Crippen LogP contribution in [0.15, 0.2) is 18.2 Å². The van der Waals surface area contributed by atoms with Crippen molar-refractivity contribution < 1.29 is 36.1 Å². The molecule has 0 fully saturated rings. The Balaban J connectivity index is 3.26. The fourth-order valence-corrected chi connectivity index (χ4v) is 1.50. The number of ether oxygens (including phenoxy) is 1. The quantitative estimate of drug-likeness (QED) is 0.402. The molecule has 0 aliphatic carbocycles. The molecule has 0 aliphatic heterocycles. The van der Waals surface area contributed by atoms with E-state index >= 15 is 0 Å². The van der Waals surface area contributed by atoms with Gasteiger partial charge in [0.2, 0.25) is 0 Å². The molecule has 0 amide bonds. The van der Waals surface area contributed by atoms with Crippen molar-refractivity contribution >= 4 is 29.1 Å². The van der Waals surface area contributed by atoms with Gasteiger partial charge in [-0.2, -0.15) is 8.42 Å². The first kappa shape index (κ1) is 14.4. The van der Waals surface area contributed by atoms with Gasteiger partial charge in [0.05, 0.1) is 12.7 Å². The zero-order valence-corrected chi connectivity index (χ0v) is 9.85. The fourth-order valence-electron chi connectivity index (χ4n) is 1.17. The number of rotatable bonds is 4. The van der Waals surface area contributed by atoms with Gasteiger partial charge in [0, 0.05) is 0 Å². The maximum absolute atomic E-state index is 12.3. The molecule has 0 saturated heterocycles. The van der Waals surface area contributed by atoms with Crippen molar-refractivity contribution in [1.29, 1.82) is 0 Å². The van der Waals surface area contributed by atoms with Crippen LogP contribution in [0.3, 0.4) is 0 Å². The van der Waals surface area contributed by atoms with Crippen LogP contribution in [0.25, 0.3) is 0 Å². The summed E-state index contributed by atoms with van der Waals surface area (Å²) in [4.78, 5) is 11.2. The van der Waals surface area contributed by atoms with Crippen LogP contribution in [-0.4, -0.2) is 38.7 Å². The fraction of sp³-hybridized carbons (Fsp3) is 0.125. The number of esters is 1. The molecule has 0 bridgehead atoms. The predicted octanol–water partition coefficient (Wildman–Crippen LogP) is -1.25. The molecule has 10 heteroatoms. The average molecular weight is 278 g/mol. The van der Waals surface area contributed by atoms with E-state index in [0.717, 1.165) is 25.3 Å². The number of carbonyl (C=O) groups is 1. The summed E-state index contributed by atoms with van der Waals surface area (Å²) >= 11 is 0. The minimum atomic E-state index is -5.28. The van der Waals surface area contributed by atoms with Gasteiger partial charge < -0.3 is 19.0 Å². The number of hydrogen-bond acceptors (Lipinski definition) is 7. The van der Waals surface area contributed by atoms with E-state index in [9.17, 15) is 17.1 Å². The molecular weight excluding hydrogens is 270 g/mol. The summed E-state index contributed by atoms with van der Waals surface area (Å²) in [6, 6.07) is 2.78. The van der Waals surface area contributed by atoms with E-state index in [1.807, 2.05) is 0 Å². The summed E-state index contributed by atoms with van der Waals surface area (Å²) in [6.45, 7) is 0. The van der Waals surface area contributed by atoms with Crippen LogP contribution >= 0.6 is 0 Å². The summed E-state index contributed by atoms with van der Waals surface area (Å²) in [5.41, 5.74) is -0.474. The van der Waals surface area contributed by atoms with Crippen molar-refractivity contribution in [3.8, 4) is 5.75 Å². The monoisotopic (exact) mass is 278 g/mol. The third-order valence-corrected chi connectivity index (χ3v) is 2.24. The number of benzene rings is 1. The van der Waals surface area contributed by atoms with Crippen molar-refractivity contribution in [1.82, 2.24) is 0 Å². The second kappa shape index (κ2) is 5.33. The van der Waals surface area contributed by atoms with E-state index in [4.69, 9.17) is 10.0 Å². The Morgan fingerprint density at radius 2 is 1.94 bits per heavy atom. The number of carbonyl (C=O) groups excluding carboxylic acids is 1. The van der Waals surface area contributed by atoms with Crippen LogP contribution in [0.4, 0.5) is 3.89 Å². The van der Waals surface area contributed by atoms with Crippen LogP contribution in [0.1, 0.15) is 10.4 Å². The van der Waals surface area contributed by atoms with Crippen molar-refractivity contribution in [2.75, 3.05) is 7.11 Å². The topological polar surface area (TPSA) is 110 Å². The molecule has 1 aromatic rings. The van der Waals surface area contributed by atoms with Gasteiger partial charge in [0.15, 0.2) is 0 Å². The molecular formula is C8H8BFO7S. The number of hydrogen-bond donors (Lipinski definition) is 2. The molecule has 0 radical (unpaired) electrons. The highest BCUT2D eigenvalue weighted by molar-refractivity contribution is 7.81. The Hall–Kier alpha value is -1.65. The summed E-state index contributed by atoms with van der Waals surface area (Å²) in [5, 5.41) is 17.9. The largest absolute Gasteiger partial charge is 0.488 e. The molecule has 0 unspecified atom stereocenters. The third-order valence-electron chi connectivity index (χ3n) is 1.84. The van der Waals surface area contributed by atoms with Gasteiger partial charge in [-0.05, 0) is 23.7 Å². The summed E-state index contributed by atoms with van der Waals surface area (Å²) in [7, 11) is -6.20. The number of halogens is 1. The molecule has 0 aliphatic rings. The highest BCUT2D eigenvalue weighted by Gasteiger charge is 2.19. The average Bonchev–Trinajstić information content (AvgIpc) is 2.25. The molecule has 0 atom stereocenters. The molecule has 1 aromatic carbocycles.